The minimum absolute atomic E-state index is 0.0548. The lowest BCUT2D eigenvalue weighted by atomic mass is 9.81. The van der Waals surface area contributed by atoms with E-state index < -0.39 is 16.9 Å². The Morgan fingerprint density at radius 1 is 1.30 bits per heavy atom. The average Bonchev–Trinajstić information content (AvgIpc) is 2.54. The van der Waals surface area contributed by atoms with Gasteiger partial charge in [0.15, 0.2) is 5.60 Å². The van der Waals surface area contributed by atoms with Crippen molar-refractivity contribution in [2.75, 3.05) is 20.2 Å². The van der Waals surface area contributed by atoms with Crippen LogP contribution in [-0.4, -0.2) is 47.6 Å². The summed E-state index contributed by atoms with van der Waals surface area (Å²) in [5, 5.41) is 10.3. The Morgan fingerprint density at radius 3 is 2.43 bits per heavy atom. The van der Waals surface area contributed by atoms with Crippen molar-refractivity contribution in [2.45, 2.75) is 37.7 Å². The van der Waals surface area contributed by atoms with E-state index in [2.05, 4.69) is 0 Å². The molecule has 0 saturated carbocycles. The number of nitrogens with zero attached hydrogens (tertiary/aromatic N) is 1. The van der Waals surface area contributed by atoms with Gasteiger partial charge in [0.1, 0.15) is 5.75 Å². The molecule has 23 heavy (non-hydrogen) atoms. The lowest BCUT2D eigenvalue weighted by Gasteiger charge is -2.40. The Labute approximate surface area is 136 Å². The largest absolute Gasteiger partial charge is 0.497 e. The maximum Gasteiger partial charge on any atom is 0.251 e. The number of nitrogens with two attached hydrogens (primary N) is 1. The minimum Gasteiger partial charge on any atom is -0.497 e. The third-order valence-corrected chi connectivity index (χ3v) is 4.56. The SMILES string of the molecule is COc1ccc(C(C)(C)C(=O)N2CCCC(O)(C(N)=O)C2)cc1. The molecule has 3 N–H and O–H groups in total. The Morgan fingerprint density at radius 2 is 1.91 bits per heavy atom. The smallest absolute Gasteiger partial charge is 0.251 e. The number of aliphatic hydroxyl groups is 1. The highest BCUT2D eigenvalue weighted by Crippen LogP contribution is 2.30. The third kappa shape index (κ3) is 3.32. The molecule has 2 rings (SSSR count). The number of hydrogen-bond acceptors (Lipinski definition) is 4. The first-order valence-electron chi connectivity index (χ1n) is 7.67. The van der Waals surface area contributed by atoms with E-state index in [1.807, 2.05) is 26.0 Å². The van der Waals surface area contributed by atoms with E-state index >= 15 is 0 Å². The van der Waals surface area contributed by atoms with Gasteiger partial charge >= 0.3 is 0 Å². The Hall–Kier alpha value is -2.08. The molecule has 1 fully saturated rings. The second-order valence-electron chi connectivity index (χ2n) is 6.58. The van der Waals surface area contributed by atoms with E-state index in [1.54, 1.807) is 19.2 Å². The number of ether oxygens (including phenoxy) is 1. The van der Waals surface area contributed by atoms with Gasteiger partial charge in [-0.1, -0.05) is 12.1 Å². The lowest BCUT2D eigenvalue weighted by Crippen LogP contribution is -2.59. The maximum absolute atomic E-state index is 12.9. The van der Waals surface area contributed by atoms with Crippen LogP contribution in [0.2, 0.25) is 0 Å². The number of carbonyl (C=O) groups is 2. The number of rotatable bonds is 4. The van der Waals surface area contributed by atoms with Crippen LogP contribution in [0.5, 0.6) is 5.75 Å². The van der Waals surface area contributed by atoms with Crippen molar-refractivity contribution in [3.63, 3.8) is 0 Å². The first kappa shape index (κ1) is 17.3. The monoisotopic (exact) mass is 320 g/mol. The number of likely N-dealkylation sites (tertiary alicyclic amines) is 1. The Balaban J connectivity index is 2.21. The Bertz CT molecular complexity index is 597. The predicted octanol–water partition coefficient (Wildman–Crippen LogP) is 0.812. The molecular formula is C17H24N2O4. The molecule has 1 aromatic rings. The quantitative estimate of drug-likeness (QED) is 0.858. The minimum atomic E-state index is -1.64. The van der Waals surface area contributed by atoms with Gasteiger partial charge in [0.05, 0.1) is 19.1 Å². The van der Waals surface area contributed by atoms with Crippen LogP contribution in [0.25, 0.3) is 0 Å². The fourth-order valence-corrected chi connectivity index (χ4v) is 2.94. The van der Waals surface area contributed by atoms with Gasteiger partial charge in [0, 0.05) is 6.54 Å². The van der Waals surface area contributed by atoms with Crippen LogP contribution in [0.3, 0.4) is 0 Å². The van der Waals surface area contributed by atoms with E-state index in [-0.39, 0.29) is 18.9 Å². The summed E-state index contributed by atoms with van der Waals surface area (Å²) in [5.74, 6) is -0.197. The standard InChI is InChI=1S/C17H24N2O4/c1-16(2,12-5-7-13(23-3)8-6-12)15(21)19-10-4-9-17(22,11-19)14(18)20/h5-8,22H,4,9-11H2,1-3H3,(H2,18,20). The lowest BCUT2D eigenvalue weighted by molar-refractivity contribution is -0.151. The van der Waals surface area contributed by atoms with Crippen LogP contribution in [0.1, 0.15) is 32.3 Å². The van der Waals surface area contributed by atoms with Crippen LogP contribution in [0.15, 0.2) is 24.3 Å². The van der Waals surface area contributed by atoms with Crippen LogP contribution in [-0.2, 0) is 15.0 Å². The van der Waals surface area contributed by atoms with Crippen molar-refractivity contribution in [3.05, 3.63) is 29.8 Å². The van der Waals surface area contributed by atoms with Gasteiger partial charge in [-0.05, 0) is 44.4 Å². The molecule has 0 spiro atoms. The first-order chi connectivity index (χ1) is 10.7. The number of benzene rings is 1. The molecular weight excluding hydrogens is 296 g/mol. The fraction of sp³-hybridized carbons (Fsp3) is 0.529. The summed E-state index contributed by atoms with van der Waals surface area (Å²) in [5.41, 5.74) is 3.71. The molecule has 126 valence electrons. The number of primary amides is 1. The average molecular weight is 320 g/mol. The zero-order valence-corrected chi connectivity index (χ0v) is 13.8. The van der Waals surface area contributed by atoms with Gasteiger partial charge in [-0.25, -0.2) is 0 Å². The van der Waals surface area contributed by atoms with Gasteiger partial charge in [0.25, 0.3) is 5.91 Å². The van der Waals surface area contributed by atoms with Crippen LogP contribution >= 0.6 is 0 Å². The van der Waals surface area contributed by atoms with Crippen molar-refractivity contribution in [3.8, 4) is 5.75 Å². The van der Waals surface area contributed by atoms with Crippen molar-refractivity contribution < 1.29 is 19.4 Å². The molecule has 6 heteroatoms. The highest BCUT2D eigenvalue weighted by Gasteiger charge is 2.43. The summed E-state index contributed by atoms with van der Waals surface area (Å²) in [6.07, 6.45) is 0.832. The van der Waals surface area contributed by atoms with Crippen LogP contribution in [0, 0.1) is 0 Å². The zero-order chi connectivity index (χ0) is 17.3. The molecule has 1 heterocycles. The third-order valence-electron chi connectivity index (χ3n) is 4.56. The normalized spacial score (nSPS) is 21.8. The molecule has 0 bridgehead atoms. The van der Waals surface area contributed by atoms with Gasteiger partial charge in [0.2, 0.25) is 5.91 Å². The van der Waals surface area contributed by atoms with E-state index in [0.717, 1.165) is 11.3 Å². The molecule has 1 saturated heterocycles. The van der Waals surface area contributed by atoms with Crippen molar-refractivity contribution in [1.82, 2.24) is 4.90 Å². The number of hydrogen-bond donors (Lipinski definition) is 2. The number of piperidine rings is 1. The molecule has 2 amide bonds. The number of methoxy groups -OCH3 is 1. The highest BCUT2D eigenvalue weighted by atomic mass is 16.5. The summed E-state index contributed by atoms with van der Waals surface area (Å²) in [7, 11) is 1.59. The second kappa shape index (κ2) is 6.20. The topological polar surface area (TPSA) is 92.9 Å². The summed E-state index contributed by atoms with van der Waals surface area (Å²) >= 11 is 0. The van der Waals surface area contributed by atoms with E-state index in [1.165, 1.54) is 4.90 Å². The second-order valence-corrected chi connectivity index (χ2v) is 6.58. The van der Waals surface area contributed by atoms with Gasteiger partial charge in [-0.15, -0.1) is 0 Å². The first-order valence-corrected chi connectivity index (χ1v) is 7.67. The van der Waals surface area contributed by atoms with Gasteiger partial charge in [-0.2, -0.15) is 0 Å². The van der Waals surface area contributed by atoms with E-state index in [9.17, 15) is 14.7 Å². The summed E-state index contributed by atoms with van der Waals surface area (Å²) in [6.45, 7) is 4.11. The Kier molecular flexibility index (Phi) is 4.66. The molecule has 1 unspecified atom stereocenters. The number of amides is 2. The zero-order valence-electron chi connectivity index (χ0n) is 13.8. The summed E-state index contributed by atoms with van der Waals surface area (Å²) in [4.78, 5) is 25.9. The molecule has 1 aliphatic heterocycles. The van der Waals surface area contributed by atoms with Crippen molar-refractivity contribution >= 4 is 11.8 Å². The molecule has 0 radical (unpaired) electrons. The number of carbonyl (C=O) groups excluding carboxylic acids is 2. The van der Waals surface area contributed by atoms with E-state index in [0.29, 0.717) is 13.0 Å². The molecule has 0 aliphatic carbocycles. The van der Waals surface area contributed by atoms with Gasteiger partial charge < -0.3 is 20.5 Å². The van der Waals surface area contributed by atoms with Crippen LogP contribution < -0.4 is 10.5 Å². The molecule has 1 aliphatic rings. The molecule has 1 atom stereocenters. The van der Waals surface area contributed by atoms with Gasteiger partial charge in [-0.3, -0.25) is 9.59 Å². The summed E-state index contributed by atoms with van der Waals surface area (Å²) < 4.78 is 5.13. The molecule has 0 aromatic heterocycles. The van der Waals surface area contributed by atoms with E-state index in [4.69, 9.17) is 10.5 Å². The van der Waals surface area contributed by atoms with Crippen molar-refractivity contribution in [2.24, 2.45) is 5.73 Å². The highest BCUT2D eigenvalue weighted by molar-refractivity contribution is 5.89. The fourth-order valence-electron chi connectivity index (χ4n) is 2.94. The predicted molar refractivity (Wildman–Crippen MR) is 86.0 cm³/mol. The molecule has 1 aromatic carbocycles. The summed E-state index contributed by atoms with van der Waals surface area (Å²) in [6, 6.07) is 7.31. The van der Waals surface area contributed by atoms with Crippen molar-refractivity contribution in [1.29, 1.82) is 0 Å². The number of β-amino-alcohol motifs (C(OH)–C–C–N with tert-alkyl or cyclic N) is 1. The maximum atomic E-state index is 12.9. The molecule has 6 nitrogen and oxygen atoms in total. The van der Waals surface area contributed by atoms with Crippen LogP contribution in [0.4, 0.5) is 0 Å².